The van der Waals surface area contributed by atoms with Crippen LogP contribution >= 0.6 is 11.6 Å². The Balaban J connectivity index is 1.61. The summed E-state index contributed by atoms with van der Waals surface area (Å²) in [6.45, 7) is 6.01. The van der Waals surface area contributed by atoms with E-state index in [1.54, 1.807) is 29.2 Å². The van der Waals surface area contributed by atoms with Crippen LogP contribution < -0.4 is 4.74 Å². The molecule has 0 radical (unpaired) electrons. The number of benzene rings is 1. The van der Waals surface area contributed by atoms with Crippen molar-refractivity contribution in [2.75, 3.05) is 13.2 Å². The summed E-state index contributed by atoms with van der Waals surface area (Å²) >= 11 is 5.90. The van der Waals surface area contributed by atoms with Gasteiger partial charge in [0.15, 0.2) is 12.4 Å². The van der Waals surface area contributed by atoms with Crippen LogP contribution in [-0.2, 0) is 17.9 Å². The van der Waals surface area contributed by atoms with E-state index in [-0.39, 0.29) is 12.5 Å². The molecular weight excluding hydrogens is 316 g/mol. The highest BCUT2D eigenvalue weighted by atomic mass is 35.5. The molecule has 1 aromatic carbocycles. The third-order valence-corrected chi connectivity index (χ3v) is 4.04. The molecule has 7 heteroatoms. The standard InChI is InChI=1S/C16H19ClN4O2/c1-11(2)16-19-18-14-9-20(6-7-21(14)16)15(22)10-23-13-5-3-4-12(17)8-13/h3-5,8,11H,6-7,9-10H2,1-2H3. The molecule has 2 aromatic rings. The van der Waals surface area contributed by atoms with Crippen molar-refractivity contribution in [3.63, 3.8) is 0 Å². The number of carbonyl (C=O) groups excluding carboxylic acids is 1. The van der Waals surface area contributed by atoms with E-state index in [4.69, 9.17) is 16.3 Å². The Hall–Kier alpha value is -2.08. The lowest BCUT2D eigenvalue weighted by Gasteiger charge is -2.28. The number of carbonyl (C=O) groups is 1. The molecule has 2 heterocycles. The summed E-state index contributed by atoms with van der Waals surface area (Å²) in [5, 5.41) is 9.01. The van der Waals surface area contributed by atoms with Gasteiger partial charge in [-0.25, -0.2) is 0 Å². The highest BCUT2D eigenvalue weighted by Gasteiger charge is 2.25. The SMILES string of the molecule is CC(C)c1nnc2n1CCN(C(=O)COc1cccc(Cl)c1)C2. The second kappa shape index (κ2) is 6.58. The van der Waals surface area contributed by atoms with Gasteiger partial charge in [0.05, 0.1) is 6.54 Å². The number of halogens is 1. The molecule has 6 nitrogen and oxygen atoms in total. The van der Waals surface area contributed by atoms with Gasteiger partial charge in [0, 0.05) is 24.0 Å². The topological polar surface area (TPSA) is 60.2 Å². The molecule has 0 atom stereocenters. The molecule has 0 saturated carbocycles. The van der Waals surface area contributed by atoms with Crippen LogP contribution in [0.4, 0.5) is 0 Å². The monoisotopic (exact) mass is 334 g/mol. The fourth-order valence-corrected chi connectivity index (χ4v) is 2.79. The Kier molecular flexibility index (Phi) is 4.52. The van der Waals surface area contributed by atoms with Gasteiger partial charge in [-0.05, 0) is 18.2 Å². The minimum absolute atomic E-state index is 0.00842. The Morgan fingerprint density at radius 1 is 1.35 bits per heavy atom. The number of hydrogen-bond donors (Lipinski definition) is 0. The van der Waals surface area contributed by atoms with Gasteiger partial charge in [-0.15, -0.1) is 10.2 Å². The fraction of sp³-hybridized carbons (Fsp3) is 0.438. The normalized spacial score (nSPS) is 14.0. The van der Waals surface area contributed by atoms with Gasteiger partial charge in [0.25, 0.3) is 5.91 Å². The lowest BCUT2D eigenvalue weighted by Crippen LogP contribution is -2.41. The minimum atomic E-state index is -0.0645. The zero-order valence-corrected chi connectivity index (χ0v) is 14.0. The summed E-state index contributed by atoms with van der Waals surface area (Å²) in [6, 6.07) is 7.02. The van der Waals surface area contributed by atoms with Crippen LogP contribution in [0.15, 0.2) is 24.3 Å². The van der Waals surface area contributed by atoms with Gasteiger partial charge < -0.3 is 14.2 Å². The molecule has 23 heavy (non-hydrogen) atoms. The maximum Gasteiger partial charge on any atom is 0.260 e. The number of amides is 1. The summed E-state index contributed by atoms with van der Waals surface area (Å²) in [5.41, 5.74) is 0. The van der Waals surface area contributed by atoms with Crippen molar-refractivity contribution in [3.05, 3.63) is 40.9 Å². The largest absolute Gasteiger partial charge is 0.484 e. The number of rotatable bonds is 4. The molecule has 122 valence electrons. The molecule has 1 aromatic heterocycles. The highest BCUT2D eigenvalue weighted by molar-refractivity contribution is 6.30. The molecule has 0 saturated heterocycles. The van der Waals surface area contributed by atoms with Gasteiger partial charge in [0.2, 0.25) is 0 Å². The fourth-order valence-electron chi connectivity index (χ4n) is 2.61. The van der Waals surface area contributed by atoms with Gasteiger partial charge in [-0.2, -0.15) is 0 Å². The van der Waals surface area contributed by atoms with Crippen LogP contribution in [0, 0.1) is 0 Å². The Morgan fingerprint density at radius 3 is 2.91 bits per heavy atom. The van der Waals surface area contributed by atoms with E-state index in [0.29, 0.717) is 29.8 Å². The summed E-state index contributed by atoms with van der Waals surface area (Å²) < 4.78 is 7.62. The molecule has 0 unspecified atom stereocenters. The Bertz CT molecular complexity index is 714. The lowest BCUT2D eigenvalue weighted by molar-refractivity contribution is -0.134. The smallest absolute Gasteiger partial charge is 0.260 e. The zero-order valence-electron chi connectivity index (χ0n) is 13.2. The first kappa shape index (κ1) is 15.8. The molecule has 0 bridgehead atoms. The van der Waals surface area contributed by atoms with E-state index in [9.17, 15) is 4.79 Å². The molecule has 0 spiro atoms. The van der Waals surface area contributed by atoms with Crippen molar-refractivity contribution in [1.82, 2.24) is 19.7 Å². The average molecular weight is 335 g/mol. The number of aromatic nitrogens is 3. The lowest BCUT2D eigenvalue weighted by atomic mass is 10.2. The third kappa shape index (κ3) is 3.47. The predicted molar refractivity (Wildman–Crippen MR) is 86.5 cm³/mol. The van der Waals surface area contributed by atoms with Crippen molar-refractivity contribution in [1.29, 1.82) is 0 Å². The number of ether oxygens (including phenoxy) is 1. The van der Waals surface area contributed by atoms with Crippen LogP contribution in [0.1, 0.15) is 31.4 Å². The predicted octanol–water partition coefficient (Wildman–Crippen LogP) is 2.48. The maximum absolute atomic E-state index is 12.3. The minimum Gasteiger partial charge on any atom is -0.484 e. The Morgan fingerprint density at radius 2 is 2.17 bits per heavy atom. The number of hydrogen-bond acceptors (Lipinski definition) is 4. The van der Waals surface area contributed by atoms with Gasteiger partial charge in [0.1, 0.15) is 11.6 Å². The molecule has 0 fully saturated rings. The van der Waals surface area contributed by atoms with Gasteiger partial charge in [-0.3, -0.25) is 4.79 Å². The van der Waals surface area contributed by atoms with Gasteiger partial charge >= 0.3 is 0 Å². The van der Waals surface area contributed by atoms with Crippen molar-refractivity contribution in [2.24, 2.45) is 0 Å². The summed E-state index contributed by atoms with van der Waals surface area (Å²) in [5.74, 6) is 2.65. The third-order valence-electron chi connectivity index (χ3n) is 3.81. The zero-order chi connectivity index (χ0) is 16.4. The van der Waals surface area contributed by atoms with Crippen molar-refractivity contribution >= 4 is 17.5 Å². The number of nitrogens with zero attached hydrogens (tertiary/aromatic N) is 4. The van der Waals surface area contributed by atoms with Crippen molar-refractivity contribution in [3.8, 4) is 5.75 Å². The second-order valence-electron chi connectivity index (χ2n) is 5.84. The van der Waals surface area contributed by atoms with Crippen LogP contribution in [0.3, 0.4) is 0 Å². The highest BCUT2D eigenvalue weighted by Crippen LogP contribution is 2.19. The summed E-state index contributed by atoms with van der Waals surface area (Å²) in [6.07, 6.45) is 0. The van der Waals surface area contributed by atoms with Gasteiger partial charge in [-0.1, -0.05) is 31.5 Å². The first-order valence-electron chi connectivity index (χ1n) is 7.62. The van der Waals surface area contributed by atoms with Crippen LogP contribution in [0.5, 0.6) is 5.75 Å². The summed E-state index contributed by atoms with van der Waals surface area (Å²) in [7, 11) is 0. The molecule has 1 aliphatic heterocycles. The molecule has 3 rings (SSSR count). The Labute approximate surface area is 140 Å². The van der Waals surface area contributed by atoms with Crippen LogP contribution in [0.2, 0.25) is 5.02 Å². The van der Waals surface area contributed by atoms with Crippen molar-refractivity contribution < 1.29 is 9.53 Å². The average Bonchev–Trinajstić information content (AvgIpc) is 2.96. The van der Waals surface area contributed by atoms with E-state index >= 15 is 0 Å². The van der Waals surface area contributed by atoms with Crippen molar-refractivity contribution in [2.45, 2.75) is 32.9 Å². The van der Waals surface area contributed by atoms with E-state index < -0.39 is 0 Å². The van der Waals surface area contributed by atoms with E-state index in [2.05, 4.69) is 28.6 Å². The van der Waals surface area contributed by atoms with E-state index in [0.717, 1.165) is 18.2 Å². The first-order valence-corrected chi connectivity index (χ1v) is 8.00. The van der Waals surface area contributed by atoms with Crippen LogP contribution in [0.25, 0.3) is 0 Å². The molecule has 1 aliphatic rings. The molecule has 0 aliphatic carbocycles. The summed E-state index contributed by atoms with van der Waals surface area (Å²) in [4.78, 5) is 14.1. The number of fused-ring (bicyclic) bond motifs is 1. The van der Waals surface area contributed by atoms with Crippen LogP contribution in [-0.4, -0.2) is 38.7 Å². The first-order chi connectivity index (χ1) is 11.0. The molecular formula is C16H19ClN4O2. The maximum atomic E-state index is 12.3. The van der Waals surface area contributed by atoms with E-state index in [1.165, 1.54) is 0 Å². The molecule has 1 amide bonds. The quantitative estimate of drug-likeness (QED) is 0.861. The second-order valence-corrected chi connectivity index (χ2v) is 6.28. The molecule has 0 N–H and O–H groups in total. The van der Waals surface area contributed by atoms with E-state index in [1.807, 2.05) is 0 Å².